The monoisotopic (exact) mass is 544 g/mol. The molecule has 0 radical (unpaired) electrons. The van der Waals surface area contributed by atoms with Crippen molar-refractivity contribution >= 4 is 22.1 Å². The number of ether oxygens (including phenoxy) is 2. The van der Waals surface area contributed by atoms with Gasteiger partial charge in [0.15, 0.2) is 0 Å². The van der Waals surface area contributed by atoms with Crippen LogP contribution < -0.4 is 4.72 Å². The van der Waals surface area contributed by atoms with Crippen molar-refractivity contribution < 1.29 is 27.5 Å². The molecule has 9 heteroatoms. The smallest absolute Gasteiger partial charge is 0.410 e. The van der Waals surface area contributed by atoms with E-state index < -0.39 is 33.8 Å². The van der Waals surface area contributed by atoms with Gasteiger partial charge in [0, 0.05) is 19.0 Å². The maximum atomic E-state index is 13.2. The quantitative estimate of drug-likeness (QED) is 0.435. The fourth-order valence-corrected chi connectivity index (χ4v) is 5.75. The SMILES string of the molecule is CCS(=O)(=O)NC1CCN(C(=O)OC(C)(C)C)C1Cc1cccc(-c2ccccc2)c1CCCC(=O)OC. The molecule has 0 aliphatic carbocycles. The van der Waals surface area contributed by atoms with Gasteiger partial charge in [-0.25, -0.2) is 17.9 Å². The number of esters is 1. The normalized spacial score (nSPS) is 17.9. The minimum absolute atomic E-state index is 0.0368. The van der Waals surface area contributed by atoms with E-state index in [2.05, 4.69) is 10.8 Å². The molecule has 8 nitrogen and oxygen atoms in total. The van der Waals surface area contributed by atoms with Crippen LogP contribution in [0.5, 0.6) is 0 Å². The Morgan fingerprint density at radius 3 is 2.42 bits per heavy atom. The molecular formula is C29H40N2O6S. The number of amides is 1. The number of sulfonamides is 1. The third kappa shape index (κ3) is 8.04. The molecule has 3 rings (SSSR count). The number of hydrogen-bond donors (Lipinski definition) is 1. The predicted molar refractivity (Wildman–Crippen MR) is 148 cm³/mol. The number of nitrogens with zero attached hydrogens (tertiary/aromatic N) is 1. The van der Waals surface area contributed by atoms with Crippen molar-refractivity contribution in [2.45, 2.75) is 77.5 Å². The Bertz CT molecular complexity index is 1210. The van der Waals surface area contributed by atoms with Crippen molar-refractivity contribution in [3.8, 4) is 11.1 Å². The molecular weight excluding hydrogens is 504 g/mol. The van der Waals surface area contributed by atoms with Gasteiger partial charge in [0.05, 0.1) is 18.9 Å². The van der Waals surface area contributed by atoms with Crippen LogP contribution in [0.25, 0.3) is 11.1 Å². The lowest BCUT2D eigenvalue weighted by molar-refractivity contribution is -0.140. The lowest BCUT2D eigenvalue weighted by Gasteiger charge is -2.31. The first-order chi connectivity index (χ1) is 17.9. The number of carbonyl (C=O) groups is 2. The summed E-state index contributed by atoms with van der Waals surface area (Å²) in [4.78, 5) is 26.6. The van der Waals surface area contributed by atoms with Crippen LogP contribution in [0.1, 0.15) is 58.1 Å². The standard InChI is InChI=1S/C29H40N2O6S/c1-6-38(34,35)30-25-18-19-31(28(33)37-29(2,3)4)26(25)20-22-14-10-15-23(21-12-8-7-9-13-21)24(22)16-11-17-27(32)36-5/h7-10,12-15,25-26,30H,6,11,16-20H2,1-5H3. The number of rotatable bonds is 10. The van der Waals surface area contributed by atoms with Gasteiger partial charge in [-0.15, -0.1) is 0 Å². The number of nitrogens with one attached hydrogen (secondary N) is 1. The second kappa shape index (κ2) is 12.8. The molecule has 2 aromatic carbocycles. The van der Waals surface area contributed by atoms with E-state index in [0.29, 0.717) is 38.6 Å². The molecule has 1 N–H and O–H groups in total. The summed E-state index contributed by atoms with van der Waals surface area (Å²) in [5.41, 5.74) is 3.53. The Labute approximate surface area is 226 Å². The minimum Gasteiger partial charge on any atom is -0.469 e. The van der Waals surface area contributed by atoms with E-state index in [4.69, 9.17) is 9.47 Å². The molecule has 208 valence electrons. The molecule has 0 bridgehead atoms. The van der Waals surface area contributed by atoms with Crippen LogP contribution in [0.4, 0.5) is 4.79 Å². The summed E-state index contributed by atoms with van der Waals surface area (Å²) in [7, 11) is -2.10. The second-order valence-electron chi connectivity index (χ2n) is 10.6. The molecule has 1 aliphatic rings. The summed E-state index contributed by atoms with van der Waals surface area (Å²) in [5.74, 6) is -0.296. The van der Waals surface area contributed by atoms with Crippen LogP contribution in [0.15, 0.2) is 48.5 Å². The summed E-state index contributed by atoms with van der Waals surface area (Å²) >= 11 is 0. The molecule has 2 unspecified atom stereocenters. The summed E-state index contributed by atoms with van der Waals surface area (Å²) in [6, 6.07) is 15.2. The minimum atomic E-state index is -3.48. The first kappa shape index (κ1) is 29.6. The van der Waals surface area contributed by atoms with Crippen LogP contribution in [0.2, 0.25) is 0 Å². The highest BCUT2D eigenvalue weighted by Crippen LogP contribution is 2.32. The fraction of sp³-hybridized carbons (Fsp3) is 0.517. The number of likely N-dealkylation sites (tertiary alicyclic amines) is 1. The van der Waals surface area contributed by atoms with Gasteiger partial charge in [0.25, 0.3) is 0 Å². The Morgan fingerprint density at radius 1 is 1.08 bits per heavy atom. The summed E-state index contributed by atoms with van der Waals surface area (Å²) < 4.78 is 38.3. The summed E-state index contributed by atoms with van der Waals surface area (Å²) in [6.07, 6.45) is 2.04. The van der Waals surface area contributed by atoms with Gasteiger partial charge < -0.3 is 14.4 Å². The van der Waals surface area contributed by atoms with E-state index in [1.807, 2.05) is 63.2 Å². The van der Waals surface area contributed by atoms with E-state index in [1.54, 1.807) is 11.8 Å². The number of benzene rings is 2. The van der Waals surface area contributed by atoms with E-state index >= 15 is 0 Å². The first-order valence-corrected chi connectivity index (χ1v) is 14.8. The zero-order valence-corrected chi connectivity index (χ0v) is 23.8. The predicted octanol–water partition coefficient (Wildman–Crippen LogP) is 4.71. The summed E-state index contributed by atoms with van der Waals surface area (Å²) in [5, 5.41) is 0. The van der Waals surface area contributed by atoms with Crippen molar-refractivity contribution in [3.63, 3.8) is 0 Å². The zero-order chi connectivity index (χ0) is 27.9. The molecule has 0 saturated carbocycles. The van der Waals surface area contributed by atoms with Crippen molar-refractivity contribution in [2.75, 3.05) is 19.4 Å². The molecule has 1 saturated heterocycles. The van der Waals surface area contributed by atoms with Crippen LogP contribution in [-0.4, -0.2) is 62.5 Å². The lowest BCUT2D eigenvalue weighted by Crippen LogP contribution is -2.49. The zero-order valence-electron chi connectivity index (χ0n) is 23.0. The van der Waals surface area contributed by atoms with Crippen LogP contribution in [0, 0.1) is 0 Å². The van der Waals surface area contributed by atoms with E-state index in [0.717, 1.165) is 22.3 Å². The highest BCUT2D eigenvalue weighted by atomic mass is 32.2. The molecule has 1 aliphatic heterocycles. The van der Waals surface area contributed by atoms with E-state index in [-0.39, 0.29) is 11.7 Å². The van der Waals surface area contributed by atoms with Crippen LogP contribution in [-0.2, 0) is 37.1 Å². The molecule has 2 aromatic rings. The third-order valence-corrected chi connectivity index (χ3v) is 8.13. The Kier molecular flexibility index (Phi) is 9.95. The molecule has 0 aromatic heterocycles. The third-order valence-electron chi connectivity index (χ3n) is 6.71. The van der Waals surface area contributed by atoms with Crippen LogP contribution in [0.3, 0.4) is 0 Å². The Balaban J connectivity index is 2.00. The van der Waals surface area contributed by atoms with Gasteiger partial charge in [-0.2, -0.15) is 0 Å². The molecule has 38 heavy (non-hydrogen) atoms. The average molecular weight is 545 g/mol. The van der Waals surface area contributed by atoms with Gasteiger partial charge >= 0.3 is 12.1 Å². The van der Waals surface area contributed by atoms with Gasteiger partial charge in [0.2, 0.25) is 10.0 Å². The molecule has 1 amide bonds. The van der Waals surface area contributed by atoms with Gasteiger partial charge in [0.1, 0.15) is 5.60 Å². The second-order valence-corrected chi connectivity index (χ2v) is 12.6. The van der Waals surface area contributed by atoms with Gasteiger partial charge in [-0.1, -0.05) is 48.5 Å². The fourth-order valence-electron chi connectivity index (χ4n) is 4.85. The van der Waals surface area contributed by atoms with Crippen molar-refractivity contribution in [2.24, 2.45) is 0 Å². The van der Waals surface area contributed by atoms with Crippen molar-refractivity contribution in [3.05, 3.63) is 59.7 Å². The first-order valence-electron chi connectivity index (χ1n) is 13.2. The number of hydrogen-bond acceptors (Lipinski definition) is 6. The largest absolute Gasteiger partial charge is 0.469 e. The highest BCUT2D eigenvalue weighted by molar-refractivity contribution is 7.89. The Hall–Kier alpha value is -2.91. The maximum absolute atomic E-state index is 13.2. The molecule has 2 atom stereocenters. The average Bonchev–Trinajstić information content (AvgIpc) is 3.25. The van der Waals surface area contributed by atoms with E-state index in [9.17, 15) is 18.0 Å². The van der Waals surface area contributed by atoms with Crippen molar-refractivity contribution in [1.82, 2.24) is 9.62 Å². The van der Waals surface area contributed by atoms with Crippen LogP contribution >= 0.6 is 0 Å². The Morgan fingerprint density at radius 2 is 1.79 bits per heavy atom. The van der Waals surface area contributed by atoms with Crippen molar-refractivity contribution in [1.29, 1.82) is 0 Å². The molecule has 1 heterocycles. The summed E-state index contributed by atoms with van der Waals surface area (Å²) in [6.45, 7) is 7.44. The lowest BCUT2D eigenvalue weighted by atomic mass is 9.88. The molecule has 1 fully saturated rings. The van der Waals surface area contributed by atoms with Gasteiger partial charge in [-0.05, 0) is 75.6 Å². The highest BCUT2D eigenvalue weighted by Gasteiger charge is 2.41. The maximum Gasteiger partial charge on any atom is 0.410 e. The molecule has 0 spiro atoms. The topological polar surface area (TPSA) is 102 Å². The number of carbonyl (C=O) groups excluding carboxylic acids is 2. The number of methoxy groups -OCH3 is 1. The van der Waals surface area contributed by atoms with Gasteiger partial charge in [-0.3, -0.25) is 4.79 Å². The van der Waals surface area contributed by atoms with E-state index in [1.165, 1.54) is 7.11 Å².